The van der Waals surface area contributed by atoms with Gasteiger partial charge < -0.3 is 20.1 Å². The summed E-state index contributed by atoms with van der Waals surface area (Å²) in [6.45, 7) is 0. The highest BCUT2D eigenvalue weighted by Crippen LogP contribution is 2.46. The molecule has 2 aromatic rings. The number of rotatable bonds is 2. The number of aromatic amines is 1. The van der Waals surface area contributed by atoms with E-state index in [1.165, 1.54) is 25.7 Å². The quantitative estimate of drug-likeness (QED) is 0.790. The van der Waals surface area contributed by atoms with Gasteiger partial charge in [0.15, 0.2) is 5.88 Å². The summed E-state index contributed by atoms with van der Waals surface area (Å²) in [7, 11) is 3.87. The van der Waals surface area contributed by atoms with Gasteiger partial charge in [0.05, 0.1) is 24.4 Å². The Hall–Kier alpha value is -2.14. The second-order valence-corrected chi connectivity index (χ2v) is 6.88. The minimum atomic E-state index is -0.0389. The highest BCUT2D eigenvalue weighted by molar-refractivity contribution is 5.62. The van der Waals surface area contributed by atoms with E-state index in [4.69, 9.17) is 4.74 Å². The van der Waals surface area contributed by atoms with E-state index in [0.29, 0.717) is 12.1 Å². The van der Waals surface area contributed by atoms with E-state index in [2.05, 4.69) is 28.3 Å². The van der Waals surface area contributed by atoms with Crippen LogP contribution in [0.2, 0.25) is 0 Å². The van der Waals surface area contributed by atoms with Crippen LogP contribution in [0.5, 0.6) is 11.6 Å². The van der Waals surface area contributed by atoms with E-state index in [9.17, 15) is 5.11 Å². The predicted octanol–water partition coefficient (Wildman–Crippen LogP) is 3.49. The van der Waals surface area contributed by atoms with Gasteiger partial charge in [0, 0.05) is 23.8 Å². The van der Waals surface area contributed by atoms with Crippen molar-refractivity contribution in [3.63, 3.8) is 0 Å². The molecular weight excluding hydrogens is 302 g/mol. The number of methoxy groups -OCH3 is 1. The van der Waals surface area contributed by atoms with Crippen LogP contribution in [0.15, 0.2) is 30.5 Å². The van der Waals surface area contributed by atoms with Crippen molar-refractivity contribution >= 4 is 5.69 Å². The number of fused-ring (bicyclic) bond motifs is 2. The van der Waals surface area contributed by atoms with Crippen LogP contribution in [0.4, 0.5) is 5.69 Å². The number of benzene rings is 1. The highest BCUT2D eigenvalue weighted by atomic mass is 16.5. The van der Waals surface area contributed by atoms with Gasteiger partial charge in [-0.1, -0.05) is 31.0 Å². The maximum atomic E-state index is 10.5. The zero-order valence-corrected chi connectivity index (χ0v) is 14.2. The van der Waals surface area contributed by atoms with Crippen molar-refractivity contribution in [3.8, 4) is 11.6 Å². The predicted molar refractivity (Wildman–Crippen MR) is 94.7 cm³/mol. The van der Waals surface area contributed by atoms with Crippen LogP contribution in [0.1, 0.15) is 42.9 Å². The molecule has 4 rings (SSSR count). The Morgan fingerprint density at radius 1 is 1.21 bits per heavy atom. The van der Waals surface area contributed by atoms with Crippen LogP contribution < -0.4 is 10.1 Å². The Morgan fingerprint density at radius 2 is 2.00 bits per heavy atom. The van der Waals surface area contributed by atoms with Crippen molar-refractivity contribution in [1.29, 1.82) is 0 Å². The van der Waals surface area contributed by atoms with Crippen LogP contribution in [-0.4, -0.2) is 41.2 Å². The average Bonchev–Trinajstić information content (AvgIpc) is 2.90. The number of hydrogen-bond donors (Lipinski definition) is 3. The molecule has 3 N–H and O–H groups in total. The van der Waals surface area contributed by atoms with Gasteiger partial charge in [0.1, 0.15) is 5.75 Å². The number of aromatic hydroxyl groups is 1. The number of ether oxygens (including phenoxy) is 1. The second-order valence-electron chi connectivity index (χ2n) is 6.88. The summed E-state index contributed by atoms with van der Waals surface area (Å²) in [4.78, 5) is 5.40. The summed E-state index contributed by atoms with van der Waals surface area (Å²) in [6.07, 6.45) is 6.74. The first kappa shape index (κ1) is 15.4. The van der Waals surface area contributed by atoms with Gasteiger partial charge in [-0.15, -0.1) is 0 Å². The smallest absolute Gasteiger partial charge is 0.195 e. The molecule has 0 spiro atoms. The molecule has 1 aromatic carbocycles. The van der Waals surface area contributed by atoms with Gasteiger partial charge in [-0.2, -0.15) is 0 Å². The summed E-state index contributed by atoms with van der Waals surface area (Å²) in [6, 6.07) is 8.92. The molecule has 2 heterocycles. The van der Waals surface area contributed by atoms with Crippen molar-refractivity contribution in [2.75, 3.05) is 19.5 Å². The van der Waals surface area contributed by atoms with Gasteiger partial charge in [-0.3, -0.25) is 4.90 Å². The third-order valence-electron chi connectivity index (χ3n) is 5.61. The molecule has 0 amide bonds. The fourth-order valence-electron chi connectivity index (χ4n) is 4.45. The van der Waals surface area contributed by atoms with Crippen molar-refractivity contribution in [3.05, 3.63) is 41.6 Å². The SMILES string of the molecule is COc1ccccc1[C@@H]1c2c(c[nH]c2O)N[C@@H]2CCCC[C@H]2N1C. The molecule has 1 aliphatic heterocycles. The minimum absolute atomic E-state index is 0.0389. The zero-order valence-electron chi connectivity index (χ0n) is 14.2. The normalized spacial score (nSPS) is 26.8. The number of para-hydroxylation sites is 1. The van der Waals surface area contributed by atoms with E-state index in [1.54, 1.807) is 7.11 Å². The van der Waals surface area contributed by atoms with Gasteiger partial charge in [-0.05, 0) is 26.0 Å². The van der Waals surface area contributed by atoms with Crippen molar-refractivity contribution in [1.82, 2.24) is 9.88 Å². The summed E-state index contributed by atoms with van der Waals surface area (Å²) >= 11 is 0. The van der Waals surface area contributed by atoms with Crippen LogP contribution in [-0.2, 0) is 0 Å². The number of nitrogens with zero attached hydrogens (tertiary/aromatic N) is 1. The molecule has 24 heavy (non-hydrogen) atoms. The molecule has 0 bridgehead atoms. The van der Waals surface area contributed by atoms with E-state index < -0.39 is 0 Å². The summed E-state index contributed by atoms with van der Waals surface area (Å²) < 4.78 is 5.62. The Morgan fingerprint density at radius 3 is 2.83 bits per heavy atom. The molecule has 3 atom stereocenters. The monoisotopic (exact) mass is 327 g/mol. The number of hydrogen-bond acceptors (Lipinski definition) is 4. The Labute approximate surface area is 142 Å². The molecule has 1 aromatic heterocycles. The van der Waals surface area contributed by atoms with Gasteiger partial charge in [0.25, 0.3) is 0 Å². The van der Waals surface area contributed by atoms with Gasteiger partial charge in [0.2, 0.25) is 0 Å². The van der Waals surface area contributed by atoms with Crippen molar-refractivity contribution in [2.24, 2.45) is 0 Å². The molecule has 0 unspecified atom stereocenters. The van der Waals surface area contributed by atoms with E-state index in [-0.39, 0.29) is 11.9 Å². The first-order valence-electron chi connectivity index (χ1n) is 8.72. The average molecular weight is 327 g/mol. The lowest BCUT2D eigenvalue weighted by molar-refractivity contribution is 0.147. The van der Waals surface area contributed by atoms with Gasteiger partial charge >= 0.3 is 0 Å². The van der Waals surface area contributed by atoms with Crippen LogP contribution >= 0.6 is 0 Å². The number of aromatic nitrogens is 1. The third-order valence-corrected chi connectivity index (χ3v) is 5.61. The molecule has 1 fully saturated rings. The Kier molecular flexibility index (Phi) is 3.88. The number of anilines is 1. The minimum Gasteiger partial charge on any atom is -0.496 e. The highest BCUT2D eigenvalue weighted by Gasteiger charge is 2.40. The molecular formula is C19H25N3O2. The Bertz CT molecular complexity index is 727. The van der Waals surface area contributed by atoms with Gasteiger partial charge in [-0.25, -0.2) is 0 Å². The fourth-order valence-corrected chi connectivity index (χ4v) is 4.45. The van der Waals surface area contributed by atoms with E-state index in [0.717, 1.165) is 22.6 Å². The molecule has 128 valence electrons. The van der Waals surface area contributed by atoms with E-state index in [1.807, 2.05) is 24.4 Å². The molecule has 2 aliphatic rings. The molecule has 5 heteroatoms. The molecule has 0 saturated heterocycles. The number of H-pyrrole nitrogens is 1. The second kappa shape index (κ2) is 6.06. The zero-order chi connectivity index (χ0) is 16.7. The molecule has 5 nitrogen and oxygen atoms in total. The summed E-state index contributed by atoms with van der Waals surface area (Å²) in [5.74, 6) is 1.09. The maximum Gasteiger partial charge on any atom is 0.195 e. The first-order chi connectivity index (χ1) is 11.7. The van der Waals surface area contributed by atoms with E-state index >= 15 is 0 Å². The largest absolute Gasteiger partial charge is 0.496 e. The lowest BCUT2D eigenvalue weighted by Crippen LogP contribution is -2.46. The van der Waals surface area contributed by atoms with Crippen molar-refractivity contribution < 1.29 is 9.84 Å². The molecule has 1 saturated carbocycles. The summed E-state index contributed by atoms with van der Waals surface area (Å²) in [5.41, 5.74) is 3.01. The first-order valence-corrected chi connectivity index (χ1v) is 8.72. The topological polar surface area (TPSA) is 60.5 Å². The van der Waals surface area contributed by atoms with Crippen LogP contribution in [0.25, 0.3) is 0 Å². The Balaban J connectivity index is 1.87. The fraction of sp³-hybridized carbons (Fsp3) is 0.474. The maximum absolute atomic E-state index is 10.5. The number of likely N-dealkylation sites (N-methyl/N-ethyl adjacent to an activating group) is 1. The molecule has 1 aliphatic carbocycles. The van der Waals surface area contributed by atoms with Crippen molar-refractivity contribution in [2.45, 2.75) is 43.8 Å². The summed E-state index contributed by atoms with van der Waals surface area (Å²) in [5, 5.41) is 14.2. The lowest BCUT2D eigenvalue weighted by Gasteiger charge is -2.39. The third kappa shape index (κ3) is 2.35. The number of nitrogens with one attached hydrogen (secondary N) is 2. The standard InChI is InChI=1S/C19H25N3O2/c1-22-15-9-5-4-8-13(15)21-14-11-20-19(23)17(14)18(22)12-7-3-6-10-16(12)24-2/h3,6-7,10-11,13,15,18,20-21,23H,4-5,8-9H2,1-2H3/t13-,15-,18-/m1/s1. The van der Waals surface area contributed by atoms with Crippen LogP contribution in [0.3, 0.4) is 0 Å². The molecule has 0 radical (unpaired) electrons. The lowest BCUT2D eigenvalue weighted by atomic mass is 9.88. The van der Waals surface area contributed by atoms with Crippen LogP contribution in [0, 0.1) is 0 Å².